The standard InChI is InChI=1S/C11H16N4S/c1-3-11-14-7-9(16-11)6-12-8-10-13-4-5-15(10)2/h4-5,7,12H,3,6,8H2,1-2H3. The van der Waals surface area contributed by atoms with E-state index in [9.17, 15) is 0 Å². The Morgan fingerprint density at radius 1 is 1.38 bits per heavy atom. The van der Waals surface area contributed by atoms with Gasteiger partial charge < -0.3 is 9.88 Å². The van der Waals surface area contributed by atoms with Crippen LogP contribution in [0.5, 0.6) is 0 Å². The van der Waals surface area contributed by atoms with Crippen molar-refractivity contribution in [3.63, 3.8) is 0 Å². The molecule has 0 aliphatic rings. The van der Waals surface area contributed by atoms with Gasteiger partial charge in [0.25, 0.3) is 0 Å². The lowest BCUT2D eigenvalue weighted by atomic mass is 10.5. The van der Waals surface area contributed by atoms with Crippen LogP contribution in [0, 0.1) is 0 Å². The second-order valence-electron chi connectivity index (χ2n) is 3.63. The van der Waals surface area contributed by atoms with Crippen molar-refractivity contribution in [2.45, 2.75) is 26.4 Å². The smallest absolute Gasteiger partial charge is 0.122 e. The van der Waals surface area contributed by atoms with Crippen molar-refractivity contribution >= 4 is 11.3 Å². The van der Waals surface area contributed by atoms with Gasteiger partial charge in [-0.1, -0.05) is 6.92 Å². The second-order valence-corrected chi connectivity index (χ2v) is 4.83. The van der Waals surface area contributed by atoms with Gasteiger partial charge in [0.2, 0.25) is 0 Å². The zero-order chi connectivity index (χ0) is 11.4. The molecule has 0 aromatic carbocycles. The highest BCUT2D eigenvalue weighted by atomic mass is 32.1. The molecule has 0 unspecified atom stereocenters. The third kappa shape index (κ3) is 2.68. The normalized spacial score (nSPS) is 10.9. The molecule has 0 aliphatic heterocycles. The van der Waals surface area contributed by atoms with Gasteiger partial charge in [0.1, 0.15) is 5.82 Å². The van der Waals surface area contributed by atoms with Crippen LogP contribution in [0.3, 0.4) is 0 Å². The number of nitrogens with one attached hydrogen (secondary N) is 1. The molecule has 16 heavy (non-hydrogen) atoms. The first-order valence-electron chi connectivity index (χ1n) is 5.40. The molecule has 0 bridgehead atoms. The molecule has 86 valence electrons. The molecule has 0 fully saturated rings. The Bertz CT molecular complexity index is 446. The van der Waals surface area contributed by atoms with E-state index in [-0.39, 0.29) is 0 Å². The Kier molecular flexibility index (Phi) is 3.69. The molecule has 0 amide bonds. The van der Waals surface area contributed by atoms with Gasteiger partial charge in [-0.3, -0.25) is 0 Å². The Labute approximate surface area is 99.4 Å². The van der Waals surface area contributed by atoms with Crippen molar-refractivity contribution in [1.29, 1.82) is 0 Å². The molecule has 2 aromatic rings. The van der Waals surface area contributed by atoms with Crippen molar-refractivity contribution in [1.82, 2.24) is 19.9 Å². The van der Waals surface area contributed by atoms with Gasteiger partial charge in [-0.2, -0.15) is 0 Å². The number of hydrogen-bond donors (Lipinski definition) is 1. The lowest BCUT2D eigenvalue weighted by molar-refractivity contribution is 0.643. The quantitative estimate of drug-likeness (QED) is 0.859. The Hall–Kier alpha value is -1.20. The first-order chi connectivity index (χ1) is 7.79. The number of nitrogens with zero attached hydrogens (tertiary/aromatic N) is 3. The summed E-state index contributed by atoms with van der Waals surface area (Å²) < 4.78 is 2.02. The molecule has 1 N–H and O–H groups in total. The number of thiazole rings is 1. The topological polar surface area (TPSA) is 42.7 Å². The lowest BCUT2D eigenvalue weighted by Gasteiger charge is -2.02. The van der Waals surface area contributed by atoms with E-state index in [4.69, 9.17) is 0 Å². The van der Waals surface area contributed by atoms with Gasteiger partial charge in [0.05, 0.1) is 11.6 Å². The molecule has 2 heterocycles. The van der Waals surface area contributed by atoms with Gasteiger partial charge in [-0.25, -0.2) is 9.97 Å². The summed E-state index contributed by atoms with van der Waals surface area (Å²) in [5.41, 5.74) is 0. The summed E-state index contributed by atoms with van der Waals surface area (Å²) in [7, 11) is 2.01. The van der Waals surface area contributed by atoms with Crippen LogP contribution >= 0.6 is 11.3 Å². The average molecular weight is 236 g/mol. The third-order valence-corrected chi connectivity index (χ3v) is 3.55. The maximum absolute atomic E-state index is 4.33. The van der Waals surface area contributed by atoms with Crippen LogP contribution in [0.2, 0.25) is 0 Å². The fourth-order valence-corrected chi connectivity index (χ4v) is 2.29. The number of aryl methyl sites for hydroxylation is 2. The molecule has 2 aromatic heterocycles. The number of hydrogen-bond acceptors (Lipinski definition) is 4. The van der Waals surface area contributed by atoms with E-state index >= 15 is 0 Å². The summed E-state index contributed by atoms with van der Waals surface area (Å²) in [6.07, 6.45) is 6.75. The van der Waals surface area contributed by atoms with Crippen LogP contribution in [0.15, 0.2) is 18.6 Å². The molecule has 0 saturated carbocycles. The van der Waals surface area contributed by atoms with E-state index in [2.05, 4.69) is 22.2 Å². The minimum Gasteiger partial charge on any atom is -0.337 e. The Morgan fingerprint density at radius 2 is 2.25 bits per heavy atom. The monoisotopic (exact) mass is 236 g/mol. The maximum Gasteiger partial charge on any atom is 0.122 e. The van der Waals surface area contributed by atoms with Crippen molar-refractivity contribution in [2.24, 2.45) is 7.05 Å². The van der Waals surface area contributed by atoms with Crippen molar-refractivity contribution in [2.75, 3.05) is 0 Å². The fourth-order valence-electron chi connectivity index (χ4n) is 1.46. The molecule has 0 spiro atoms. The third-order valence-electron chi connectivity index (χ3n) is 2.41. The molecule has 0 radical (unpaired) electrons. The molecule has 4 nitrogen and oxygen atoms in total. The molecule has 0 saturated heterocycles. The maximum atomic E-state index is 4.33. The molecular weight excluding hydrogens is 220 g/mol. The first kappa shape index (κ1) is 11.3. The highest BCUT2D eigenvalue weighted by molar-refractivity contribution is 7.11. The molecule has 0 atom stereocenters. The largest absolute Gasteiger partial charge is 0.337 e. The van der Waals surface area contributed by atoms with Gasteiger partial charge in [-0.05, 0) is 6.42 Å². The number of aromatic nitrogens is 3. The Morgan fingerprint density at radius 3 is 2.88 bits per heavy atom. The van der Waals surface area contributed by atoms with Gasteiger partial charge in [0.15, 0.2) is 0 Å². The average Bonchev–Trinajstić information content (AvgIpc) is 2.89. The lowest BCUT2D eigenvalue weighted by Crippen LogP contribution is -2.14. The molecule has 2 rings (SSSR count). The summed E-state index contributed by atoms with van der Waals surface area (Å²) in [4.78, 5) is 9.87. The summed E-state index contributed by atoms with van der Waals surface area (Å²) >= 11 is 1.77. The SMILES string of the molecule is CCc1ncc(CNCc2nccn2C)s1. The van der Waals surface area contributed by atoms with E-state index < -0.39 is 0 Å². The zero-order valence-electron chi connectivity index (χ0n) is 9.60. The molecule has 5 heteroatoms. The number of imidazole rings is 1. The predicted molar refractivity (Wildman–Crippen MR) is 65.2 cm³/mol. The van der Waals surface area contributed by atoms with Crippen molar-refractivity contribution in [3.8, 4) is 0 Å². The van der Waals surface area contributed by atoms with Crippen LogP contribution in [0.4, 0.5) is 0 Å². The van der Waals surface area contributed by atoms with E-state index in [0.717, 1.165) is 25.3 Å². The van der Waals surface area contributed by atoms with Crippen LogP contribution in [-0.2, 0) is 26.6 Å². The van der Waals surface area contributed by atoms with E-state index in [1.807, 2.05) is 30.2 Å². The second kappa shape index (κ2) is 5.23. The molecular formula is C11H16N4S. The fraction of sp³-hybridized carbons (Fsp3) is 0.455. The van der Waals surface area contributed by atoms with E-state index in [1.54, 1.807) is 11.3 Å². The summed E-state index contributed by atoms with van der Waals surface area (Å²) in [5, 5.41) is 4.57. The Balaban J connectivity index is 1.82. The van der Waals surface area contributed by atoms with Crippen LogP contribution < -0.4 is 5.32 Å². The summed E-state index contributed by atoms with van der Waals surface area (Å²) in [6, 6.07) is 0. The van der Waals surface area contributed by atoms with Crippen LogP contribution in [0.1, 0.15) is 22.6 Å². The zero-order valence-corrected chi connectivity index (χ0v) is 10.4. The van der Waals surface area contributed by atoms with Gasteiger partial charge >= 0.3 is 0 Å². The minimum atomic E-state index is 0.795. The van der Waals surface area contributed by atoms with Crippen LogP contribution in [0.25, 0.3) is 0 Å². The van der Waals surface area contributed by atoms with E-state index in [0.29, 0.717) is 0 Å². The predicted octanol–water partition coefficient (Wildman–Crippen LogP) is 1.73. The van der Waals surface area contributed by atoms with Gasteiger partial charge in [-0.15, -0.1) is 11.3 Å². The van der Waals surface area contributed by atoms with Crippen LogP contribution in [-0.4, -0.2) is 14.5 Å². The van der Waals surface area contributed by atoms with Gasteiger partial charge in [0, 0.05) is 37.1 Å². The van der Waals surface area contributed by atoms with E-state index in [1.165, 1.54) is 9.88 Å². The summed E-state index contributed by atoms with van der Waals surface area (Å²) in [6.45, 7) is 3.79. The highest BCUT2D eigenvalue weighted by Gasteiger charge is 2.01. The first-order valence-corrected chi connectivity index (χ1v) is 6.21. The van der Waals surface area contributed by atoms with Crippen molar-refractivity contribution < 1.29 is 0 Å². The highest BCUT2D eigenvalue weighted by Crippen LogP contribution is 2.12. The van der Waals surface area contributed by atoms with Crippen molar-refractivity contribution in [3.05, 3.63) is 34.3 Å². The number of rotatable bonds is 5. The summed E-state index contributed by atoms with van der Waals surface area (Å²) in [5.74, 6) is 1.06. The molecule has 0 aliphatic carbocycles. The minimum absolute atomic E-state index is 0.795.